The maximum absolute atomic E-state index is 12.6. The predicted octanol–water partition coefficient (Wildman–Crippen LogP) is 2.83. The topological polar surface area (TPSA) is 84.7 Å². The molecule has 2 amide bonds. The van der Waals surface area contributed by atoms with Crippen LogP contribution in [0.25, 0.3) is 0 Å². The van der Waals surface area contributed by atoms with Crippen molar-refractivity contribution in [2.45, 2.75) is 44.3 Å². The van der Waals surface area contributed by atoms with Crippen molar-refractivity contribution in [3.05, 3.63) is 28.8 Å². The lowest BCUT2D eigenvalue weighted by Crippen LogP contribution is -2.35. The highest BCUT2D eigenvalue weighted by molar-refractivity contribution is 6.34. The molecule has 0 spiro atoms. The van der Waals surface area contributed by atoms with E-state index in [1.54, 1.807) is 18.2 Å². The van der Waals surface area contributed by atoms with Gasteiger partial charge in [0.2, 0.25) is 0 Å². The van der Waals surface area contributed by atoms with E-state index in [4.69, 9.17) is 22.1 Å². The zero-order valence-electron chi connectivity index (χ0n) is 14.6. The van der Waals surface area contributed by atoms with Crippen molar-refractivity contribution in [1.82, 2.24) is 4.90 Å². The molecule has 144 valence electrons. The Morgan fingerprint density at radius 2 is 1.96 bits per heavy atom. The quantitative estimate of drug-likeness (QED) is 0.811. The maximum Gasteiger partial charge on any atom is 0.255 e. The minimum absolute atomic E-state index is 0. The number of hydrogen-bond acceptors (Lipinski definition) is 4. The minimum Gasteiger partial charge on any atom is -0.364 e. The number of halogens is 2. The van der Waals surface area contributed by atoms with Crippen molar-refractivity contribution in [3.8, 4) is 0 Å². The first-order chi connectivity index (χ1) is 12.1. The molecule has 0 aromatic heterocycles. The maximum atomic E-state index is 12.6. The third-order valence-corrected chi connectivity index (χ3v) is 5.09. The molecule has 0 saturated carbocycles. The number of anilines is 1. The average molecular weight is 402 g/mol. The molecule has 2 saturated heterocycles. The first-order valence-corrected chi connectivity index (χ1v) is 9.21. The lowest BCUT2D eigenvalue weighted by molar-refractivity contribution is -0.126. The van der Waals surface area contributed by atoms with Crippen LogP contribution in [0.4, 0.5) is 5.69 Å². The summed E-state index contributed by atoms with van der Waals surface area (Å²) in [5.41, 5.74) is 6.60. The third kappa shape index (κ3) is 4.88. The molecule has 6 nitrogen and oxygen atoms in total. The second kappa shape index (κ2) is 9.55. The number of rotatable bonds is 4. The fourth-order valence-electron chi connectivity index (χ4n) is 3.33. The van der Waals surface area contributed by atoms with Crippen LogP contribution < -0.4 is 11.1 Å². The molecule has 0 unspecified atom stereocenters. The van der Waals surface area contributed by atoms with Crippen LogP contribution >= 0.6 is 24.0 Å². The van der Waals surface area contributed by atoms with E-state index >= 15 is 0 Å². The molecular weight excluding hydrogens is 377 g/mol. The molecule has 8 heteroatoms. The SMILES string of the molecule is Cl.NC[C@H]1CC[C@@H](C(=O)Nc2ccc(C(=O)N3CCCCC3)c(Cl)c2)O1. The molecule has 26 heavy (non-hydrogen) atoms. The summed E-state index contributed by atoms with van der Waals surface area (Å²) in [5.74, 6) is -0.255. The monoisotopic (exact) mass is 401 g/mol. The number of ether oxygens (including phenoxy) is 1. The molecule has 2 fully saturated rings. The van der Waals surface area contributed by atoms with E-state index in [2.05, 4.69) is 5.32 Å². The number of piperidine rings is 1. The van der Waals surface area contributed by atoms with Gasteiger partial charge in [-0.2, -0.15) is 0 Å². The Morgan fingerprint density at radius 1 is 1.23 bits per heavy atom. The van der Waals surface area contributed by atoms with Crippen molar-refractivity contribution in [2.75, 3.05) is 25.0 Å². The highest BCUT2D eigenvalue weighted by Gasteiger charge is 2.30. The Kier molecular flexibility index (Phi) is 7.70. The Morgan fingerprint density at radius 3 is 2.58 bits per heavy atom. The van der Waals surface area contributed by atoms with Crippen LogP contribution in [0.15, 0.2) is 18.2 Å². The van der Waals surface area contributed by atoms with E-state index in [0.29, 0.717) is 29.2 Å². The lowest BCUT2D eigenvalue weighted by atomic mass is 10.1. The molecule has 0 bridgehead atoms. The van der Waals surface area contributed by atoms with Gasteiger partial charge in [0.25, 0.3) is 11.8 Å². The molecular formula is C18H25Cl2N3O3. The second-order valence-electron chi connectivity index (χ2n) is 6.60. The van der Waals surface area contributed by atoms with Gasteiger partial charge in [-0.3, -0.25) is 9.59 Å². The van der Waals surface area contributed by atoms with Gasteiger partial charge in [-0.1, -0.05) is 11.6 Å². The molecule has 3 rings (SSSR count). The number of likely N-dealkylation sites (tertiary alicyclic amines) is 1. The van der Waals surface area contributed by atoms with Gasteiger partial charge in [-0.05, 0) is 50.3 Å². The predicted molar refractivity (Wildman–Crippen MR) is 104 cm³/mol. The summed E-state index contributed by atoms with van der Waals surface area (Å²) < 4.78 is 5.59. The largest absolute Gasteiger partial charge is 0.364 e. The Bertz CT molecular complexity index is 651. The van der Waals surface area contributed by atoms with E-state index in [9.17, 15) is 9.59 Å². The summed E-state index contributed by atoms with van der Waals surface area (Å²) in [7, 11) is 0. The van der Waals surface area contributed by atoms with Gasteiger partial charge in [-0.25, -0.2) is 0 Å². The molecule has 3 N–H and O–H groups in total. The van der Waals surface area contributed by atoms with Crippen LogP contribution in [-0.4, -0.2) is 48.6 Å². The zero-order chi connectivity index (χ0) is 17.8. The molecule has 2 aliphatic rings. The molecule has 2 heterocycles. The van der Waals surface area contributed by atoms with Gasteiger partial charge >= 0.3 is 0 Å². The summed E-state index contributed by atoms with van der Waals surface area (Å²) in [4.78, 5) is 26.6. The highest BCUT2D eigenvalue weighted by atomic mass is 35.5. The summed E-state index contributed by atoms with van der Waals surface area (Å²) in [6.45, 7) is 1.97. The van der Waals surface area contributed by atoms with E-state index in [1.165, 1.54) is 0 Å². The van der Waals surface area contributed by atoms with Crippen molar-refractivity contribution in [1.29, 1.82) is 0 Å². The number of carbonyl (C=O) groups excluding carboxylic acids is 2. The van der Waals surface area contributed by atoms with Gasteiger partial charge < -0.3 is 20.7 Å². The first kappa shape index (κ1) is 21.0. The molecule has 0 radical (unpaired) electrons. The van der Waals surface area contributed by atoms with Crippen molar-refractivity contribution >= 4 is 41.5 Å². The van der Waals surface area contributed by atoms with Gasteiger partial charge in [-0.15, -0.1) is 12.4 Å². The Hall–Kier alpha value is -1.34. The number of benzene rings is 1. The number of nitrogens with two attached hydrogens (primary N) is 1. The summed E-state index contributed by atoms with van der Waals surface area (Å²) in [6, 6.07) is 5.00. The number of amides is 2. The first-order valence-electron chi connectivity index (χ1n) is 8.83. The average Bonchev–Trinajstić information content (AvgIpc) is 3.11. The number of nitrogens with one attached hydrogen (secondary N) is 1. The standard InChI is InChI=1S/C18H24ClN3O3.ClH/c19-15-10-12(21-17(23)16-7-5-13(11-20)25-16)4-6-14(15)18(24)22-8-2-1-3-9-22;/h4,6,10,13,16H,1-3,5,7-9,11,20H2,(H,21,23);1H/t13-,16+;/m1./s1. The second-order valence-corrected chi connectivity index (χ2v) is 7.00. The van der Waals surface area contributed by atoms with Gasteiger partial charge in [0, 0.05) is 25.3 Å². The summed E-state index contributed by atoms with van der Waals surface area (Å²) in [5, 5.41) is 3.15. The highest BCUT2D eigenvalue weighted by Crippen LogP contribution is 2.25. The molecule has 1 aromatic carbocycles. The van der Waals surface area contributed by atoms with Crippen LogP contribution in [0.5, 0.6) is 0 Å². The van der Waals surface area contributed by atoms with Gasteiger partial charge in [0.1, 0.15) is 6.10 Å². The Labute approximate surface area is 164 Å². The lowest BCUT2D eigenvalue weighted by Gasteiger charge is -2.27. The smallest absolute Gasteiger partial charge is 0.255 e. The van der Waals surface area contributed by atoms with Crippen molar-refractivity contribution < 1.29 is 14.3 Å². The minimum atomic E-state index is -0.484. The zero-order valence-corrected chi connectivity index (χ0v) is 16.2. The van der Waals surface area contributed by atoms with Crippen LogP contribution in [-0.2, 0) is 9.53 Å². The van der Waals surface area contributed by atoms with Crippen molar-refractivity contribution in [3.63, 3.8) is 0 Å². The Balaban J connectivity index is 0.00000243. The molecule has 2 atom stereocenters. The van der Waals surface area contributed by atoms with Crippen LogP contribution in [0.1, 0.15) is 42.5 Å². The van der Waals surface area contributed by atoms with Crippen LogP contribution in [0, 0.1) is 0 Å². The normalized spacial score (nSPS) is 22.6. The van der Waals surface area contributed by atoms with Crippen molar-refractivity contribution in [2.24, 2.45) is 5.73 Å². The van der Waals surface area contributed by atoms with Crippen LogP contribution in [0.2, 0.25) is 5.02 Å². The van der Waals surface area contributed by atoms with E-state index in [-0.39, 0.29) is 30.3 Å². The molecule has 0 aliphatic carbocycles. The van der Waals surface area contributed by atoms with E-state index < -0.39 is 6.10 Å². The fraction of sp³-hybridized carbons (Fsp3) is 0.556. The number of hydrogen-bond donors (Lipinski definition) is 2. The van der Waals surface area contributed by atoms with E-state index in [0.717, 1.165) is 38.8 Å². The number of carbonyl (C=O) groups is 2. The van der Waals surface area contributed by atoms with Gasteiger partial charge in [0.15, 0.2) is 0 Å². The summed E-state index contributed by atoms with van der Waals surface area (Å²) in [6.07, 6.45) is 4.14. The van der Waals surface area contributed by atoms with Crippen LogP contribution in [0.3, 0.4) is 0 Å². The number of nitrogens with zero attached hydrogens (tertiary/aromatic N) is 1. The summed E-state index contributed by atoms with van der Waals surface area (Å²) >= 11 is 6.29. The fourth-order valence-corrected chi connectivity index (χ4v) is 3.59. The third-order valence-electron chi connectivity index (χ3n) is 4.77. The van der Waals surface area contributed by atoms with Gasteiger partial charge in [0.05, 0.1) is 16.7 Å². The van der Waals surface area contributed by atoms with E-state index in [1.807, 2.05) is 4.90 Å². The molecule has 1 aromatic rings. The molecule has 2 aliphatic heterocycles.